The van der Waals surface area contributed by atoms with Gasteiger partial charge in [-0.2, -0.15) is 5.26 Å². The van der Waals surface area contributed by atoms with Crippen LogP contribution in [0.2, 0.25) is 0 Å². The van der Waals surface area contributed by atoms with Crippen molar-refractivity contribution in [3.8, 4) is 17.6 Å². The van der Waals surface area contributed by atoms with Crippen molar-refractivity contribution in [2.45, 2.75) is 126 Å². The van der Waals surface area contributed by atoms with Gasteiger partial charge in [0.05, 0.1) is 38.4 Å². The maximum absolute atomic E-state index is 12.9. The fourth-order valence-corrected chi connectivity index (χ4v) is 10.00. The molecule has 1 N–H and O–H groups in total. The van der Waals surface area contributed by atoms with Gasteiger partial charge in [-0.3, -0.25) is 15.0 Å². The van der Waals surface area contributed by atoms with Crippen LogP contribution in [0, 0.1) is 17.2 Å². The van der Waals surface area contributed by atoms with Gasteiger partial charge in [0.15, 0.2) is 6.35 Å². The smallest absolute Gasteiger partial charge is 0.246 e. The maximum atomic E-state index is 12.9. The number of likely N-dealkylation sites (N-methyl/N-ethyl adjacent to an activating group) is 1. The Hall–Kier alpha value is -2.68. The minimum absolute atomic E-state index is 0.0743. The summed E-state index contributed by atoms with van der Waals surface area (Å²) in [6.07, 6.45) is 15.4. The number of benzene rings is 1. The van der Waals surface area contributed by atoms with Gasteiger partial charge in [0.25, 0.3) is 0 Å². The first-order chi connectivity index (χ1) is 23.4. The molecule has 4 heterocycles. The van der Waals surface area contributed by atoms with Crippen LogP contribution in [-0.2, 0) is 16.0 Å². The summed E-state index contributed by atoms with van der Waals surface area (Å²) < 4.78 is 19.5. The second-order valence-electron chi connectivity index (χ2n) is 15.3. The van der Waals surface area contributed by atoms with Crippen molar-refractivity contribution in [3.05, 3.63) is 36.4 Å². The number of ether oxygens (including phenoxy) is 3. The van der Waals surface area contributed by atoms with Crippen LogP contribution in [0.3, 0.4) is 0 Å². The lowest BCUT2D eigenvalue weighted by Gasteiger charge is -2.60. The lowest BCUT2D eigenvalue weighted by atomic mass is 9.70. The average Bonchev–Trinajstić information content (AvgIpc) is 3.55. The Morgan fingerprint density at radius 1 is 1.12 bits per heavy atom. The minimum atomic E-state index is -0.244. The van der Waals surface area contributed by atoms with E-state index in [1.807, 2.05) is 11.0 Å². The lowest BCUT2D eigenvalue weighted by molar-refractivity contribution is -0.219. The number of piperazine rings is 1. The quantitative estimate of drug-likeness (QED) is 0.320. The number of likely N-dealkylation sites (tertiary alicyclic amines) is 1. The second kappa shape index (κ2) is 14.7. The molecule has 7 atom stereocenters. The fraction of sp³-hybridized carbons (Fsp3) is 0.737. The van der Waals surface area contributed by atoms with E-state index in [9.17, 15) is 10.1 Å². The van der Waals surface area contributed by atoms with Crippen molar-refractivity contribution in [3.63, 3.8) is 0 Å². The van der Waals surface area contributed by atoms with E-state index in [1.54, 1.807) is 7.11 Å². The predicted molar refractivity (Wildman–Crippen MR) is 184 cm³/mol. The summed E-state index contributed by atoms with van der Waals surface area (Å²) in [5, 5.41) is 14.0. The molecule has 0 radical (unpaired) electrons. The third kappa shape index (κ3) is 6.74. The van der Waals surface area contributed by atoms with Crippen LogP contribution in [0.15, 0.2) is 30.9 Å². The number of nitriles is 1. The van der Waals surface area contributed by atoms with Crippen LogP contribution in [0.4, 0.5) is 0 Å². The molecule has 5 fully saturated rings. The highest BCUT2D eigenvalue weighted by atomic mass is 16.5. The number of amides is 1. The molecule has 262 valence electrons. The molecule has 1 aromatic carbocycles. The maximum Gasteiger partial charge on any atom is 0.246 e. The molecule has 4 aliphatic heterocycles. The van der Waals surface area contributed by atoms with Gasteiger partial charge in [-0.15, -0.1) is 0 Å². The molecule has 10 nitrogen and oxygen atoms in total. The van der Waals surface area contributed by atoms with Crippen molar-refractivity contribution in [2.75, 3.05) is 46.9 Å². The zero-order chi connectivity index (χ0) is 33.3. The lowest BCUT2D eigenvalue weighted by Crippen LogP contribution is -2.75. The van der Waals surface area contributed by atoms with Gasteiger partial charge in [0, 0.05) is 62.1 Å². The third-order valence-electron chi connectivity index (χ3n) is 12.5. The minimum Gasteiger partial charge on any atom is -0.497 e. The second-order valence-corrected chi connectivity index (χ2v) is 15.3. The Morgan fingerprint density at radius 2 is 1.96 bits per heavy atom. The largest absolute Gasteiger partial charge is 0.497 e. The highest BCUT2D eigenvalue weighted by molar-refractivity contribution is 5.87. The number of methoxy groups -OCH3 is 1. The van der Waals surface area contributed by atoms with Gasteiger partial charge in [-0.25, -0.2) is 4.90 Å². The van der Waals surface area contributed by atoms with Gasteiger partial charge >= 0.3 is 0 Å². The average molecular weight is 661 g/mol. The molecule has 0 bridgehead atoms. The highest BCUT2D eigenvalue weighted by Gasteiger charge is 2.55. The van der Waals surface area contributed by atoms with Crippen LogP contribution >= 0.6 is 0 Å². The summed E-state index contributed by atoms with van der Waals surface area (Å²) in [6, 6.07) is 9.54. The van der Waals surface area contributed by atoms with Crippen LogP contribution in [-0.4, -0.2) is 115 Å². The van der Waals surface area contributed by atoms with E-state index in [4.69, 9.17) is 14.2 Å². The van der Waals surface area contributed by atoms with Crippen molar-refractivity contribution in [2.24, 2.45) is 5.92 Å². The molecule has 7 rings (SSSR count). The number of rotatable bonds is 8. The first-order valence-corrected chi connectivity index (χ1v) is 18.7. The standard InChI is InChI=1S/C38H56N6O4/c1-4-35(45)43-21-20-42(25-29(43)16-18-39)36-32-15-17-38(23-27-22-31(46-3)13-14-34(27)48-38)24-33(32)40-37(47-26-30-12-9-19-41(30)2)44(36)28-10-7-5-6-8-11-28/h4,13-14,22,28-30,32-33,36-37,40H,1,5-12,15-17,19-21,23-26H2,2-3H3/t29?,30?,32?,33?,36?,37?,38-/m0/s1. The molecular formula is C38H56N6O4. The Bertz CT molecular complexity index is 1340. The van der Waals surface area contributed by atoms with Gasteiger partial charge in [-0.1, -0.05) is 32.3 Å². The monoisotopic (exact) mass is 660 g/mol. The molecule has 48 heavy (non-hydrogen) atoms. The Labute approximate surface area is 287 Å². The molecular weight excluding hydrogens is 604 g/mol. The van der Waals surface area contributed by atoms with Crippen molar-refractivity contribution < 1.29 is 19.0 Å². The number of hydrogen-bond donors (Lipinski definition) is 1. The van der Waals surface area contributed by atoms with Crippen molar-refractivity contribution >= 4 is 5.91 Å². The van der Waals surface area contributed by atoms with E-state index in [0.29, 0.717) is 44.1 Å². The Kier molecular flexibility index (Phi) is 10.3. The number of nitrogens with zero attached hydrogens (tertiary/aromatic N) is 5. The number of fused-ring (bicyclic) bond motifs is 2. The molecule has 6 unspecified atom stereocenters. The van der Waals surface area contributed by atoms with Crippen LogP contribution in [0.5, 0.6) is 11.5 Å². The van der Waals surface area contributed by atoms with Gasteiger partial charge < -0.3 is 24.0 Å². The van der Waals surface area contributed by atoms with E-state index in [2.05, 4.69) is 51.8 Å². The number of carbonyl (C=O) groups is 1. The van der Waals surface area contributed by atoms with E-state index < -0.39 is 0 Å². The first kappa shape index (κ1) is 33.8. The summed E-state index contributed by atoms with van der Waals surface area (Å²) in [5.74, 6) is 2.17. The zero-order valence-electron chi connectivity index (χ0n) is 29.2. The molecule has 2 aliphatic carbocycles. The van der Waals surface area contributed by atoms with E-state index in [-0.39, 0.29) is 36.1 Å². The highest BCUT2D eigenvalue weighted by Crippen LogP contribution is 2.49. The van der Waals surface area contributed by atoms with Crippen LogP contribution in [0.1, 0.15) is 82.6 Å². The third-order valence-corrected chi connectivity index (χ3v) is 12.5. The zero-order valence-corrected chi connectivity index (χ0v) is 29.2. The molecule has 2 saturated carbocycles. The van der Waals surface area contributed by atoms with Gasteiger partial charge in [-0.05, 0) is 76.4 Å². The normalized spacial score (nSPS) is 35.0. The van der Waals surface area contributed by atoms with Crippen LogP contribution < -0.4 is 14.8 Å². The van der Waals surface area contributed by atoms with Gasteiger partial charge in [0.2, 0.25) is 5.91 Å². The molecule has 1 aromatic rings. The van der Waals surface area contributed by atoms with E-state index in [1.165, 1.54) is 63.0 Å². The SMILES string of the molecule is C=CC(=O)N1CCN(C2C3CC[C@]4(Cc5cc(OC)ccc5O4)CC3NC(OCC3CCCN3C)N2C2CCCCCC2)CC1CC#N. The van der Waals surface area contributed by atoms with Crippen molar-refractivity contribution in [1.82, 2.24) is 24.9 Å². The molecule has 10 heteroatoms. The number of hydrogen-bond acceptors (Lipinski definition) is 9. The van der Waals surface area contributed by atoms with Gasteiger partial charge in [0.1, 0.15) is 17.1 Å². The number of carbonyl (C=O) groups excluding carboxylic acids is 1. The Balaban J connectivity index is 1.21. The first-order valence-electron chi connectivity index (χ1n) is 18.7. The van der Waals surface area contributed by atoms with Crippen LogP contribution in [0.25, 0.3) is 0 Å². The summed E-state index contributed by atoms with van der Waals surface area (Å²) in [6.45, 7) is 7.69. The molecule has 1 spiro atoms. The van der Waals surface area contributed by atoms with Crippen molar-refractivity contribution in [1.29, 1.82) is 5.26 Å². The van der Waals surface area contributed by atoms with E-state index in [0.717, 1.165) is 50.3 Å². The summed E-state index contributed by atoms with van der Waals surface area (Å²) in [5.41, 5.74) is 0.992. The molecule has 0 aromatic heterocycles. The summed E-state index contributed by atoms with van der Waals surface area (Å²) in [7, 11) is 3.95. The Morgan fingerprint density at radius 3 is 2.69 bits per heavy atom. The molecule has 6 aliphatic rings. The summed E-state index contributed by atoms with van der Waals surface area (Å²) >= 11 is 0. The summed E-state index contributed by atoms with van der Waals surface area (Å²) in [4.78, 5) is 22.6. The fourth-order valence-electron chi connectivity index (χ4n) is 10.00. The topological polar surface area (TPSA) is 93.5 Å². The van der Waals surface area contributed by atoms with E-state index >= 15 is 0 Å². The number of nitrogens with one attached hydrogen (secondary N) is 1. The molecule has 3 saturated heterocycles. The predicted octanol–water partition coefficient (Wildman–Crippen LogP) is 4.50. The molecule has 1 amide bonds.